The molecule has 0 bridgehead atoms. The van der Waals surface area contributed by atoms with Gasteiger partial charge in [0.25, 0.3) is 5.91 Å². The van der Waals surface area contributed by atoms with Gasteiger partial charge in [-0.25, -0.2) is 0 Å². The zero-order valence-electron chi connectivity index (χ0n) is 18.6. The predicted octanol–water partition coefficient (Wildman–Crippen LogP) is 6.68. The summed E-state index contributed by atoms with van der Waals surface area (Å²) in [6, 6.07) is 8.64. The summed E-state index contributed by atoms with van der Waals surface area (Å²) in [5.41, 5.74) is -5.83. The lowest BCUT2D eigenvalue weighted by atomic mass is 9.76. The molecule has 1 aliphatic rings. The van der Waals surface area contributed by atoms with E-state index in [1.54, 1.807) is 0 Å². The van der Waals surface area contributed by atoms with E-state index in [2.05, 4.69) is 0 Å². The molecule has 0 aliphatic carbocycles. The van der Waals surface area contributed by atoms with Crippen molar-refractivity contribution in [1.29, 1.82) is 5.26 Å². The Hall–Kier alpha value is -3.69. The van der Waals surface area contributed by atoms with Crippen LogP contribution in [0.4, 0.5) is 39.5 Å². The standard InChI is InChI=1S/C24H17F9N2O2/c25-22(26,27)10-1-11-37-17-8-6-15(7-9-17)21(24(31,32)33)12-18(19(13-34)20(36)35-21)14-2-4-16(5-3-14)23(28,29)30/h2-9H,1,10-12H2,(H,35,36). The van der Waals surface area contributed by atoms with Crippen molar-refractivity contribution in [1.82, 2.24) is 5.32 Å². The monoisotopic (exact) mass is 536 g/mol. The number of nitrogens with zero attached hydrogens (tertiary/aromatic N) is 1. The molecule has 0 fully saturated rings. The summed E-state index contributed by atoms with van der Waals surface area (Å²) in [6.07, 6.45) is -16.7. The lowest BCUT2D eigenvalue weighted by Gasteiger charge is -2.40. The first-order valence-electron chi connectivity index (χ1n) is 10.6. The maximum Gasteiger partial charge on any atom is 0.416 e. The van der Waals surface area contributed by atoms with Gasteiger partial charge in [0.1, 0.15) is 17.4 Å². The van der Waals surface area contributed by atoms with Crippen molar-refractivity contribution < 1.29 is 49.0 Å². The highest BCUT2D eigenvalue weighted by molar-refractivity contribution is 6.07. The first-order chi connectivity index (χ1) is 17.1. The number of benzene rings is 2. The molecule has 0 saturated heterocycles. The van der Waals surface area contributed by atoms with Crippen LogP contribution in [0.15, 0.2) is 54.1 Å². The number of alkyl halides is 9. The van der Waals surface area contributed by atoms with Crippen molar-refractivity contribution in [3.8, 4) is 11.8 Å². The van der Waals surface area contributed by atoms with Crippen LogP contribution in [0, 0.1) is 11.3 Å². The van der Waals surface area contributed by atoms with Crippen LogP contribution in [-0.2, 0) is 16.5 Å². The van der Waals surface area contributed by atoms with Crippen molar-refractivity contribution in [2.45, 2.75) is 43.3 Å². The van der Waals surface area contributed by atoms with Gasteiger partial charge in [0, 0.05) is 12.8 Å². The minimum atomic E-state index is -5.12. The number of carbonyl (C=O) groups excluding carboxylic acids is 1. The molecule has 0 aromatic heterocycles. The molecule has 0 saturated carbocycles. The van der Waals surface area contributed by atoms with Gasteiger partial charge in [-0.05, 0) is 47.4 Å². The molecule has 1 amide bonds. The molecule has 198 valence electrons. The van der Waals surface area contributed by atoms with Crippen LogP contribution < -0.4 is 10.1 Å². The first kappa shape index (κ1) is 27.9. The molecule has 1 atom stereocenters. The van der Waals surface area contributed by atoms with Crippen molar-refractivity contribution >= 4 is 11.5 Å². The highest BCUT2D eigenvalue weighted by Gasteiger charge is 2.59. The van der Waals surface area contributed by atoms with Gasteiger partial charge in [-0.3, -0.25) is 4.79 Å². The molecule has 1 N–H and O–H groups in total. The fourth-order valence-electron chi connectivity index (χ4n) is 3.82. The molecule has 1 unspecified atom stereocenters. The zero-order chi connectivity index (χ0) is 27.6. The molecule has 1 heterocycles. The number of hydrogen-bond acceptors (Lipinski definition) is 3. The Balaban J connectivity index is 1.95. The average Bonchev–Trinajstić information content (AvgIpc) is 2.80. The molecular weight excluding hydrogens is 519 g/mol. The fraction of sp³-hybridized carbons (Fsp3) is 0.333. The van der Waals surface area contributed by atoms with E-state index in [0.29, 0.717) is 12.1 Å². The van der Waals surface area contributed by atoms with Crippen molar-refractivity contribution in [2.24, 2.45) is 0 Å². The van der Waals surface area contributed by atoms with E-state index in [-0.39, 0.29) is 24.3 Å². The van der Waals surface area contributed by atoms with E-state index in [1.165, 1.54) is 6.07 Å². The molecule has 2 aromatic carbocycles. The van der Waals surface area contributed by atoms with E-state index >= 15 is 0 Å². The molecule has 1 aliphatic heterocycles. The molecule has 3 rings (SSSR count). The minimum absolute atomic E-state index is 0.0124. The number of nitriles is 1. The number of amides is 1. The van der Waals surface area contributed by atoms with Crippen molar-refractivity contribution in [3.05, 3.63) is 70.8 Å². The highest BCUT2D eigenvalue weighted by Crippen LogP contribution is 2.48. The third kappa shape index (κ3) is 6.18. The third-order valence-electron chi connectivity index (χ3n) is 5.67. The van der Waals surface area contributed by atoms with Gasteiger partial charge >= 0.3 is 18.5 Å². The molecular formula is C24H17F9N2O2. The van der Waals surface area contributed by atoms with Crippen LogP contribution in [0.25, 0.3) is 5.57 Å². The summed E-state index contributed by atoms with van der Waals surface area (Å²) in [5.74, 6) is -1.38. The second kappa shape index (κ2) is 9.99. The van der Waals surface area contributed by atoms with Gasteiger partial charge in [-0.2, -0.15) is 44.8 Å². The van der Waals surface area contributed by atoms with Crippen LogP contribution in [0.1, 0.15) is 36.0 Å². The van der Waals surface area contributed by atoms with Crippen LogP contribution in [0.2, 0.25) is 0 Å². The summed E-state index contributed by atoms with van der Waals surface area (Å²) in [4.78, 5) is 12.6. The highest BCUT2D eigenvalue weighted by atomic mass is 19.4. The second-order valence-corrected chi connectivity index (χ2v) is 8.17. The number of halogens is 9. The Bertz CT molecular complexity index is 1210. The van der Waals surface area contributed by atoms with Gasteiger partial charge in [-0.15, -0.1) is 0 Å². The topological polar surface area (TPSA) is 62.1 Å². The number of ether oxygens (including phenoxy) is 1. The molecule has 0 radical (unpaired) electrons. The largest absolute Gasteiger partial charge is 0.494 e. The van der Waals surface area contributed by atoms with E-state index in [0.717, 1.165) is 36.4 Å². The Morgan fingerprint density at radius 3 is 2.00 bits per heavy atom. The van der Waals surface area contributed by atoms with Gasteiger partial charge in [0.15, 0.2) is 5.54 Å². The summed E-state index contributed by atoms with van der Waals surface area (Å²) in [5, 5.41) is 11.2. The predicted molar refractivity (Wildman–Crippen MR) is 112 cm³/mol. The lowest BCUT2D eigenvalue weighted by molar-refractivity contribution is -0.201. The third-order valence-corrected chi connectivity index (χ3v) is 5.67. The number of nitrogens with one attached hydrogen (secondary N) is 1. The van der Waals surface area contributed by atoms with E-state index in [4.69, 9.17) is 4.74 Å². The molecule has 13 heteroatoms. The SMILES string of the molecule is N#CC1=C(c2ccc(C(F)(F)F)cc2)CC(c2ccc(OCCCC(F)(F)F)cc2)(C(F)(F)F)NC1=O. The van der Waals surface area contributed by atoms with Crippen LogP contribution in [0.5, 0.6) is 5.75 Å². The van der Waals surface area contributed by atoms with Crippen LogP contribution >= 0.6 is 0 Å². The van der Waals surface area contributed by atoms with Crippen molar-refractivity contribution in [3.63, 3.8) is 0 Å². The van der Waals surface area contributed by atoms with E-state index < -0.39 is 65.1 Å². The Morgan fingerprint density at radius 2 is 1.51 bits per heavy atom. The van der Waals surface area contributed by atoms with Gasteiger partial charge in [-0.1, -0.05) is 24.3 Å². The molecule has 0 spiro atoms. The maximum atomic E-state index is 14.4. The Labute approximate surface area is 204 Å². The smallest absolute Gasteiger partial charge is 0.416 e. The average molecular weight is 536 g/mol. The van der Waals surface area contributed by atoms with Gasteiger partial charge in [0.05, 0.1) is 12.2 Å². The van der Waals surface area contributed by atoms with Gasteiger partial charge in [0.2, 0.25) is 0 Å². The number of hydrogen-bond donors (Lipinski definition) is 1. The number of rotatable bonds is 6. The van der Waals surface area contributed by atoms with Crippen LogP contribution in [0.3, 0.4) is 0 Å². The van der Waals surface area contributed by atoms with E-state index in [1.807, 2.05) is 5.32 Å². The van der Waals surface area contributed by atoms with E-state index in [9.17, 15) is 49.6 Å². The quantitative estimate of drug-likeness (QED) is 0.331. The lowest BCUT2D eigenvalue weighted by Crippen LogP contribution is -2.58. The van der Waals surface area contributed by atoms with Gasteiger partial charge < -0.3 is 10.1 Å². The maximum absolute atomic E-state index is 14.4. The fourth-order valence-corrected chi connectivity index (χ4v) is 3.82. The normalized spacial score (nSPS) is 18.9. The Morgan fingerprint density at radius 1 is 0.919 bits per heavy atom. The summed E-state index contributed by atoms with van der Waals surface area (Å²) in [7, 11) is 0. The minimum Gasteiger partial charge on any atom is -0.494 e. The molecule has 4 nitrogen and oxygen atoms in total. The zero-order valence-corrected chi connectivity index (χ0v) is 18.6. The summed E-state index contributed by atoms with van der Waals surface area (Å²) in [6.45, 7) is -0.341. The first-order valence-corrected chi connectivity index (χ1v) is 10.6. The number of carbonyl (C=O) groups is 1. The van der Waals surface area contributed by atoms with Crippen LogP contribution in [-0.4, -0.2) is 24.9 Å². The Kier molecular flexibility index (Phi) is 7.53. The molecule has 37 heavy (non-hydrogen) atoms. The van der Waals surface area contributed by atoms with Crippen molar-refractivity contribution in [2.75, 3.05) is 6.61 Å². The summed E-state index contributed by atoms with van der Waals surface area (Å²) < 4.78 is 124. The molecule has 2 aromatic rings. The second-order valence-electron chi connectivity index (χ2n) is 8.17. The summed E-state index contributed by atoms with van der Waals surface area (Å²) >= 11 is 0.